The smallest absolute Gasteiger partial charge is 0.339 e. The maximum Gasteiger partial charge on any atom is 0.339 e. The van der Waals surface area contributed by atoms with E-state index in [-0.39, 0.29) is 15.2 Å². The van der Waals surface area contributed by atoms with E-state index >= 15 is 0 Å². The van der Waals surface area contributed by atoms with Crippen LogP contribution in [0.4, 0.5) is 5.69 Å². The predicted molar refractivity (Wildman–Crippen MR) is 135 cm³/mol. The molecule has 0 heterocycles. The van der Waals surface area contributed by atoms with Crippen LogP contribution < -0.4 is 8.91 Å². The van der Waals surface area contributed by atoms with Crippen LogP contribution in [0.3, 0.4) is 0 Å². The molecule has 4 aromatic carbocycles. The first-order chi connectivity index (χ1) is 17.6. The summed E-state index contributed by atoms with van der Waals surface area (Å²) >= 11 is 0. The van der Waals surface area contributed by atoms with Crippen LogP contribution in [0.2, 0.25) is 0 Å². The second-order valence-electron chi connectivity index (χ2n) is 7.71. The zero-order valence-electron chi connectivity index (χ0n) is 18.8. The predicted octanol–water partition coefficient (Wildman–Crippen LogP) is 2.90. The highest BCUT2D eigenvalue weighted by molar-refractivity contribution is 7.92. The summed E-state index contributed by atoms with van der Waals surface area (Å²) in [4.78, 5) is -2.35. The zero-order valence-corrected chi connectivity index (χ0v) is 22.1. The molecule has 0 spiro atoms. The number of hydrogen-bond donors (Lipinski definition) is 3. The van der Waals surface area contributed by atoms with E-state index in [4.69, 9.17) is 4.18 Å². The Balaban J connectivity index is 2.06. The number of hydrogen-bond acceptors (Lipinski definition) is 9. The average Bonchev–Trinajstić information content (AvgIpc) is 2.83. The van der Waals surface area contributed by atoms with Crippen LogP contribution >= 0.6 is 0 Å². The van der Waals surface area contributed by atoms with Gasteiger partial charge in [0.05, 0.1) is 20.4 Å². The Bertz CT molecular complexity index is 1830. The quantitative estimate of drug-likeness (QED) is 0.199. The van der Waals surface area contributed by atoms with Gasteiger partial charge in [-0.15, -0.1) is 0 Å². The van der Waals surface area contributed by atoms with Crippen LogP contribution in [-0.4, -0.2) is 42.8 Å². The Morgan fingerprint density at radius 2 is 1.05 bits per heavy atom. The van der Waals surface area contributed by atoms with Gasteiger partial charge in [-0.2, -0.15) is 25.3 Å². The van der Waals surface area contributed by atoms with Crippen LogP contribution in [0.1, 0.15) is 0 Å². The minimum atomic E-state index is -5.00. The summed E-state index contributed by atoms with van der Waals surface area (Å²) in [5.41, 5.74) is -0.570. The molecule has 0 radical (unpaired) electrons. The van der Waals surface area contributed by atoms with E-state index in [0.29, 0.717) is 12.1 Å². The van der Waals surface area contributed by atoms with Crippen LogP contribution in [-0.2, 0) is 40.4 Å². The minimum Gasteiger partial charge on any atom is -0.378 e. The van der Waals surface area contributed by atoms with Gasteiger partial charge in [0.15, 0.2) is 5.75 Å². The average molecular weight is 600 g/mol. The molecule has 0 aliphatic carbocycles. The summed E-state index contributed by atoms with van der Waals surface area (Å²) < 4.78 is 126. The number of benzene rings is 4. The summed E-state index contributed by atoms with van der Waals surface area (Å²) in [6.07, 6.45) is 0. The summed E-state index contributed by atoms with van der Waals surface area (Å²) in [7, 11) is -19.0. The molecule has 3 N–H and O–H groups in total. The number of rotatable bonds is 8. The lowest BCUT2D eigenvalue weighted by Gasteiger charge is -2.17. The maximum atomic E-state index is 13.0. The number of fused-ring (bicyclic) bond motifs is 1. The van der Waals surface area contributed by atoms with E-state index in [1.807, 2.05) is 0 Å². The molecule has 0 aromatic heterocycles. The van der Waals surface area contributed by atoms with Gasteiger partial charge in [-0.3, -0.25) is 13.8 Å². The number of nitrogens with one attached hydrogen (secondary N) is 1. The topological polar surface area (TPSA) is 198 Å². The van der Waals surface area contributed by atoms with E-state index in [1.54, 1.807) is 6.07 Å². The van der Waals surface area contributed by atoms with Crippen LogP contribution in [0.15, 0.2) is 105 Å². The van der Waals surface area contributed by atoms with Crippen molar-refractivity contribution in [1.29, 1.82) is 0 Å². The van der Waals surface area contributed by atoms with Gasteiger partial charge in [-0.05, 0) is 47.9 Å². The summed E-state index contributed by atoms with van der Waals surface area (Å²) in [6.45, 7) is 0. The highest BCUT2D eigenvalue weighted by atomic mass is 32.2. The SMILES string of the molecule is O=S(=O)(O)c1cc(NS(=O)(=O)c2ccccc2)c2c(OS(=O)(=O)c3ccccc3)cc(S(=O)(=O)O)cc2c1. The van der Waals surface area contributed by atoms with Crippen molar-refractivity contribution in [2.75, 3.05) is 4.72 Å². The Kier molecular flexibility index (Phi) is 6.98. The van der Waals surface area contributed by atoms with E-state index in [1.165, 1.54) is 54.6 Å². The Morgan fingerprint density at radius 3 is 1.55 bits per heavy atom. The maximum absolute atomic E-state index is 13.0. The highest BCUT2D eigenvalue weighted by Crippen LogP contribution is 2.39. The highest BCUT2D eigenvalue weighted by Gasteiger charge is 2.26. The summed E-state index contributed by atoms with van der Waals surface area (Å²) in [5, 5.41) is -0.789. The van der Waals surface area contributed by atoms with Gasteiger partial charge < -0.3 is 4.18 Å². The molecule has 0 unspecified atom stereocenters. The summed E-state index contributed by atoms with van der Waals surface area (Å²) in [6, 6.07) is 16.3. The fraction of sp³-hybridized carbons (Fsp3) is 0. The van der Waals surface area contributed by atoms with Gasteiger partial charge in [0.1, 0.15) is 4.90 Å². The van der Waals surface area contributed by atoms with E-state index in [9.17, 15) is 42.8 Å². The van der Waals surface area contributed by atoms with E-state index in [0.717, 1.165) is 12.1 Å². The lowest BCUT2D eigenvalue weighted by atomic mass is 10.1. The van der Waals surface area contributed by atoms with Gasteiger partial charge in [0.25, 0.3) is 30.3 Å². The lowest BCUT2D eigenvalue weighted by molar-refractivity contribution is 0.477. The van der Waals surface area contributed by atoms with Crippen molar-refractivity contribution in [3.63, 3.8) is 0 Å². The fourth-order valence-corrected chi connectivity index (χ4v) is 6.54. The third-order valence-corrected chi connectivity index (χ3v) is 9.38. The van der Waals surface area contributed by atoms with Gasteiger partial charge in [-0.1, -0.05) is 36.4 Å². The first-order valence-electron chi connectivity index (χ1n) is 10.2. The largest absolute Gasteiger partial charge is 0.378 e. The molecule has 0 saturated carbocycles. The first-order valence-corrected chi connectivity index (χ1v) is 16.0. The third-order valence-electron chi connectivity index (χ3n) is 5.08. The lowest BCUT2D eigenvalue weighted by Crippen LogP contribution is -2.15. The molecule has 12 nitrogen and oxygen atoms in total. The molecule has 0 aliphatic rings. The normalized spacial score (nSPS) is 12.8. The molecule has 4 rings (SSSR count). The van der Waals surface area contributed by atoms with Gasteiger partial charge in [-0.25, -0.2) is 8.42 Å². The van der Waals surface area contributed by atoms with Crippen molar-refractivity contribution >= 4 is 56.8 Å². The molecular weight excluding hydrogens is 583 g/mol. The molecule has 4 aromatic rings. The van der Waals surface area contributed by atoms with Crippen molar-refractivity contribution in [1.82, 2.24) is 0 Å². The minimum absolute atomic E-state index is 0.251. The number of sulfonamides is 1. The molecule has 0 aliphatic heterocycles. The molecule has 16 heteroatoms. The summed E-state index contributed by atoms with van der Waals surface area (Å²) in [5.74, 6) is -0.758. The standard InChI is InChI=1S/C22H17NO11S4/c24-35(25,16-7-3-1-4-8-16)23-20-13-18(36(26,27)28)11-15-12-19(37(29,30)31)14-21(22(15)20)34-38(32,33)17-9-5-2-6-10-17/h1-14,23H,(H,26,27,28)(H,29,30,31). The second kappa shape index (κ2) is 9.64. The van der Waals surface area contributed by atoms with Gasteiger partial charge in [0.2, 0.25) is 0 Å². The molecular formula is C22H17NO11S4. The molecule has 200 valence electrons. The molecule has 0 bridgehead atoms. The Morgan fingerprint density at radius 1 is 0.579 bits per heavy atom. The van der Waals surface area contributed by atoms with Crippen molar-refractivity contribution in [2.45, 2.75) is 19.6 Å². The molecule has 38 heavy (non-hydrogen) atoms. The second-order valence-corrected chi connectivity index (χ2v) is 13.8. The molecule has 0 saturated heterocycles. The molecule has 0 amide bonds. The van der Waals surface area contributed by atoms with Crippen molar-refractivity contribution in [2.24, 2.45) is 0 Å². The van der Waals surface area contributed by atoms with E-state index in [2.05, 4.69) is 4.72 Å². The fourth-order valence-electron chi connectivity index (χ4n) is 3.42. The van der Waals surface area contributed by atoms with E-state index < -0.39 is 67.0 Å². The van der Waals surface area contributed by atoms with Gasteiger partial charge in [0, 0.05) is 11.5 Å². The van der Waals surface area contributed by atoms with Crippen LogP contribution in [0, 0.1) is 0 Å². The van der Waals surface area contributed by atoms with Crippen molar-refractivity contribution in [3.8, 4) is 5.75 Å². The van der Waals surface area contributed by atoms with Crippen LogP contribution in [0.5, 0.6) is 5.75 Å². The Hall–Kier alpha value is -3.54. The van der Waals surface area contributed by atoms with Crippen molar-refractivity contribution in [3.05, 3.63) is 84.9 Å². The monoisotopic (exact) mass is 599 g/mol. The third kappa shape index (κ3) is 5.79. The number of anilines is 1. The molecule has 0 atom stereocenters. The van der Waals surface area contributed by atoms with Crippen LogP contribution in [0.25, 0.3) is 10.8 Å². The zero-order chi connectivity index (χ0) is 27.9. The van der Waals surface area contributed by atoms with Gasteiger partial charge >= 0.3 is 10.1 Å². The first kappa shape index (κ1) is 27.5. The Labute approximate surface area is 218 Å². The molecule has 0 fully saturated rings. The van der Waals surface area contributed by atoms with Crippen molar-refractivity contribution < 1.29 is 47.0 Å².